The summed E-state index contributed by atoms with van der Waals surface area (Å²) in [6.07, 6.45) is 3.32. The highest BCUT2D eigenvalue weighted by Crippen LogP contribution is 2.58. The van der Waals surface area contributed by atoms with Gasteiger partial charge in [-0.05, 0) is 51.6 Å². The van der Waals surface area contributed by atoms with Crippen LogP contribution in [-0.2, 0) is 4.79 Å². The van der Waals surface area contributed by atoms with Gasteiger partial charge >= 0.3 is 0 Å². The largest absolute Gasteiger partial charge is 0.323 e. The van der Waals surface area contributed by atoms with Crippen molar-refractivity contribution in [3.8, 4) is 0 Å². The minimum absolute atomic E-state index is 0. The fourth-order valence-corrected chi connectivity index (χ4v) is 3.14. The van der Waals surface area contributed by atoms with Crippen LogP contribution in [0.2, 0.25) is 0 Å². The second kappa shape index (κ2) is 5.13. The van der Waals surface area contributed by atoms with Crippen molar-refractivity contribution < 1.29 is 4.79 Å². The fourth-order valence-electron chi connectivity index (χ4n) is 3.14. The summed E-state index contributed by atoms with van der Waals surface area (Å²) in [5, 5.41) is 13.4. The normalized spacial score (nSPS) is 23.8. The molecule has 1 saturated heterocycles. The van der Waals surface area contributed by atoms with Gasteiger partial charge in [-0.15, -0.1) is 12.4 Å². The topological polar surface area (TPSA) is 69.8 Å². The Balaban J connectivity index is 0.00000133. The molecule has 2 heterocycles. The predicted octanol–water partition coefficient (Wildman–Crippen LogP) is 1.78. The third-order valence-corrected chi connectivity index (χ3v) is 4.48. The van der Waals surface area contributed by atoms with E-state index in [1.165, 1.54) is 0 Å². The van der Waals surface area contributed by atoms with E-state index in [0.29, 0.717) is 5.41 Å². The lowest BCUT2D eigenvalue weighted by Crippen LogP contribution is -2.31. The summed E-state index contributed by atoms with van der Waals surface area (Å²) in [7, 11) is 0. The maximum absolute atomic E-state index is 12.3. The van der Waals surface area contributed by atoms with Crippen LogP contribution in [0.5, 0.6) is 0 Å². The number of H-pyrrole nitrogens is 1. The number of aryl methyl sites for hydroxylation is 2. The summed E-state index contributed by atoms with van der Waals surface area (Å²) in [5.41, 5.74) is 2.94. The first-order valence-electron chi connectivity index (χ1n) is 6.65. The maximum Gasteiger partial charge on any atom is 0.228 e. The van der Waals surface area contributed by atoms with Gasteiger partial charge in [0.05, 0.1) is 17.1 Å². The van der Waals surface area contributed by atoms with Gasteiger partial charge in [-0.1, -0.05) is 0 Å². The molecule has 0 aromatic carbocycles. The Morgan fingerprint density at radius 1 is 1.37 bits per heavy atom. The third-order valence-electron chi connectivity index (χ3n) is 4.48. The number of nitrogens with one attached hydrogen (secondary N) is 3. The molecule has 1 unspecified atom stereocenters. The van der Waals surface area contributed by atoms with Crippen molar-refractivity contribution in [1.29, 1.82) is 0 Å². The Hall–Kier alpha value is -1.07. The zero-order valence-electron chi connectivity index (χ0n) is 11.4. The van der Waals surface area contributed by atoms with Crippen LogP contribution in [-0.4, -0.2) is 29.2 Å². The number of halogens is 1. The number of carbonyl (C=O) groups is 1. The molecule has 2 fully saturated rings. The molecule has 3 rings (SSSR count). The first-order valence-corrected chi connectivity index (χ1v) is 6.65. The Morgan fingerprint density at radius 3 is 2.63 bits per heavy atom. The highest BCUT2D eigenvalue weighted by atomic mass is 35.5. The number of nitrogens with zero attached hydrogens (tertiary/aromatic N) is 1. The van der Waals surface area contributed by atoms with E-state index in [4.69, 9.17) is 0 Å². The molecular formula is C13H21ClN4O. The smallest absolute Gasteiger partial charge is 0.228 e. The van der Waals surface area contributed by atoms with Gasteiger partial charge in [0.15, 0.2) is 0 Å². The van der Waals surface area contributed by atoms with E-state index < -0.39 is 0 Å². The molecule has 1 saturated carbocycles. The van der Waals surface area contributed by atoms with E-state index in [1.807, 2.05) is 13.8 Å². The third kappa shape index (κ3) is 2.49. The summed E-state index contributed by atoms with van der Waals surface area (Å²) >= 11 is 0. The lowest BCUT2D eigenvalue weighted by Gasteiger charge is -2.23. The molecule has 1 aliphatic carbocycles. The number of piperidine rings is 1. The highest BCUT2D eigenvalue weighted by molar-refractivity contribution is 5.96. The van der Waals surface area contributed by atoms with E-state index in [0.717, 1.165) is 49.4 Å². The molecule has 106 valence electrons. The number of hydrogen-bond acceptors (Lipinski definition) is 3. The van der Waals surface area contributed by atoms with Crippen LogP contribution in [0.3, 0.4) is 0 Å². The van der Waals surface area contributed by atoms with Gasteiger partial charge < -0.3 is 10.6 Å². The SMILES string of the molecule is Cc1n[nH]c(C)c1NC(=O)C1CC12CCNCC2.Cl. The molecule has 3 N–H and O–H groups in total. The van der Waals surface area contributed by atoms with Crippen LogP contribution in [0, 0.1) is 25.2 Å². The number of rotatable bonds is 2. The standard InChI is InChI=1S/C13H20N4O.ClH/c1-8-11(9(2)17-16-8)15-12(18)10-7-13(10)3-5-14-6-4-13;/h10,14H,3-7H2,1-2H3,(H,15,18)(H,16,17);1H. The van der Waals surface area contributed by atoms with Crippen LogP contribution in [0.25, 0.3) is 0 Å². The average molecular weight is 285 g/mol. The van der Waals surface area contributed by atoms with E-state index in [9.17, 15) is 4.79 Å². The zero-order valence-corrected chi connectivity index (χ0v) is 12.2. The molecule has 5 nitrogen and oxygen atoms in total. The van der Waals surface area contributed by atoms with Crippen molar-refractivity contribution in [1.82, 2.24) is 15.5 Å². The lowest BCUT2D eigenvalue weighted by atomic mass is 9.92. The molecule has 1 aromatic rings. The zero-order chi connectivity index (χ0) is 12.8. The van der Waals surface area contributed by atoms with Crippen LogP contribution in [0.15, 0.2) is 0 Å². The minimum Gasteiger partial charge on any atom is -0.323 e. The molecular weight excluding hydrogens is 264 g/mol. The maximum atomic E-state index is 12.3. The van der Waals surface area contributed by atoms with Gasteiger partial charge in [0.2, 0.25) is 5.91 Å². The molecule has 1 amide bonds. The Bertz CT molecular complexity index is 459. The van der Waals surface area contributed by atoms with Gasteiger partial charge in [-0.2, -0.15) is 5.10 Å². The second-order valence-corrected chi connectivity index (χ2v) is 5.67. The first kappa shape index (κ1) is 14.3. The van der Waals surface area contributed by atoms with Crippen molar-refractivity contribution in [2.24, 2.45) is 11.3 Å². The summed E-state index contributed by atoms with van der Waals surface area (Å²) in [4.78, 5) is 12.3. The van der Waals surface area contributed by atoms with Crippen LogP contribution < -0.4 is 10.6 Å². The van der Waals surface area contributed by atoms with Crippen molar-refractivity contribution in [2.75, 3.05) is 18.4 Å². The highest BCUT2D eigenvalue weighted by Gasteiger charge is 2.57. The van der Waals surface area contributed by atoms with Gasteiger partial charge in [0, 0.05) is 5.92 Å². The van der Waals surface area contributed by atoms with E-state index in [2.05, 4.69) is 20.8 Å². The lowest BCUT2D eigenvalue weighted by molar-refractivity contribution is -0.118. The van der Waals surface area contributed by atoms with Crippen LogP contribution >= 0.6 is 12.4 Å². The van der Waals surface area contributed by atoms with Gasteiger partial charge in [0.1, 0.15) is 0 Å². The number of anilines is 1. The second-order valence-electron chi connectivity index (χ2n) is 5.67. The Kier molecular flexibility index (Phi) is 3.87. The van der Waals surface area contributed by atoms with E-state index in [-0.39, 0.29) is 24.2 Å². The molecule has 1 aliphatic heterocycles. The molecule has 1 spiro atoms. The first-order chi connectivity index (χ1) is 8.62. The van der Waals surface area contributed by atoms with Crippen LogP contribution in [0.4, 0.5) is 5.69 Å². The summed E-state index contributed by atoms with van der Waals surface area (Å²) in [6.45, 7) is 5.94. The van der Waals surface area contributed by atoms with Crippen molar-refractivity contribution in [3.05, 3.63) is 11.4 Å². The molecule has 1 atom stereocenters. The number of amides is 1. The van der Waals surface area contributed by atoms with Gasteiger partial charge in [-0.25, -0.2) is 0 Å². The van der Waals surface area contributed by atoms with Gasteiger partial charge in [0.25, 0.3) is 0 Å². The average Bonchev–Trinajstić information content (AvgIpc) is 2.97. The summed E-state index contributed by atoms with van der Waals surface area (Å²) in [6, 6.07) is 0. The fraction of sp³-hybridized carbons (Fsp3) is 0.692. The predicted molar refractivity (Wildman–Crippen MR) is 76.6 cm³/mol. The summed E-state index contributed by atoms with van der Waals surface area (Å²) < 4.78 is 0. The van der Waals surface area contributed by atoms with Crippen molar-refractivity contribution >= 4 is 24.0 Å². The van der Waals surface area contributed by atoms with Crippen molar-refractivity contribution in [2.45, 2.75) is 33.1 Å². The number of carbonyl (C=O) groups excluding carboxylic acids is 1. The minimum atomic E-state index is 0. The molecule has 2 aliphatic rings. The number of hydrogen-bond donors (Lipinski definition) is 3. The molecule has 0 radical (unpaired) electrons. The van der Waals surface area contributed by atoms with E-state index in [1.54, 1.807) is 0 Å². The van der Waals surface area contributed by atoms with Gasteiger partial charge in [-0.3, -0.25) is 9.89 Å². The Labute approximate surface area is 119 Å². The number of aromatic nitrogens is 2. The molecule has 0 bridgehead atoms. The quantitative estimate of drug-likeness (QED) is 0.775. The monoisotopic (exact) mass is 284 g/mol. The number of aromatic amines is 1. The molecule has 19 heavy (non-hydrogen) atoms. The molecule has 6 heteroatoms. The van der Waals surface area contributed by atoms with Crippen LogP contribution in [0.1, 0.15) is 30.7 Å². The Morgan fingerprint density at radius 2 is 2.05 bits per heavy atom. The van der Waals surface area contributed by atoms with Crippen molar-refractivity contribution in [3.63, 3.8) is 0 Å². The molecule has 1 aromatic heterocycles. The summed E-state index contributed by atoms with van der Waals surface area (Å²) in [5.74, 6) is 0.373. The van der Waals surface area contributed by atoms with E-state index >= 15 is 0 Å².